The Kier molecular flexibility index (Phi) is 7.53. The molecule has 2 N–H and O–H groups in total. The highest BCUT2D eigenvalue weighted by Crippen LogP contribution is 2.41. The maximum Gasteiger partial charge on any atom is 0.279 e. The molecule has 4 aromatic rings. The molecule has 198 valence electrons. The molecule has 0 aliphatic carbocycles. The predicted molar refractivity (Wildman–Crippen MR) is 144 cm³/mol. The Bertz CT molecular complexity index is 1630. The van der Waals surface area contributed by atoms with Crippen LogP contribution in [0.1, 0.15) is 26.3 Å². The Morgan fingerprint density at radius 1 is 0.895 bits per heavy atom. The molecule has 38 heavy (non-hydrogen) atoms. The van der Waals surface area contributed by atoms with Crippen molar-refractivity contribution in [3.05, 3.63) is 77.4 Å². The summed E-state index contributed by atoms with van der Waals surface area (Å²) in [5.41, 5.74) is 8.41. The van der Waals surface area contributed by atoms with E-state index < -0.39 is 21.8 Å². The summed E-state index contributed by atoms with van der Waals surface area (Å²) in [7, 11) is 0.390. The third-order valence-electron chi connectivity index (χ3n) is 6.01. The average molecular weight is 538 g/mol. The minimum atomic E-state index is -3.68. The van der Waals surface area contributed by atoms with E-state index in [4.69, 9.17) is 14.1 Å². The van der Waals surface area contributed by atoms with Gasteiger partial charge >= 0.3 is 0 Å². The van der Waals surface area contributed by atoms with Crippen molar-refractivity contribution >= 4 is 38.5 Å². The van der Waals surface area contributed by atoms with Gasteiger partial charge in [0.15, 0.2) is 0 Å². The summed E-state index contributed by atoms with van der Waals surface area (Å²) in [5.74, 6) is -0.711. The monoisotopic (exact) mass is 537 g/mol. The summed E-state index contributed by atoms with van der Waals surface area (Å²) >= 11 is 0. The Morgan fingerprint density at radius 3 is 2.18 bits per heavy atom. The lowest BCUT2D eigenvalue weighted by molar-refractivity contribution is 0.0534. The summed E-state index contributed by atoms with van der Waals surface area (Å²) in [4.78, 5) is 35.2. The van der Waals surface area contributed by atoms with Gasteiger partial charge in [0.2, 0.25) is 10.0 Å². The number of hydrogen-bond acceptors (Lipinski definition) is 7. The SMILES string of the molecule is CONC(=O)c1cccc(-c2cc3c(C(=O)NOC)c(-c4ccc(C)cc4)oc3cc2N(C)S(C)(=O)=O)c1. The molecule has 0 aliphatic rings. The van der Waals surface area contributed by atoms with Crippen molar-refractivity contribution in [2.75, 3.05) is 31.8 Å². The lowest BCUT2D eigenvalue weighted by atomic mass is 9.97. The van der Waals surface area contributed by atoms with Gasteiger partial charge in [0.05, 0.1) is 31.7 Å². The molecule has 0 fully saturated rings. The number of rotatable bonds is 8. The first-order valence-corrected chi connectivity index (χ1v) is 13.3. The molecule has 0 spiro atoms. The van der Waals surface area contributed by atoms with Gasteiger partial charge in [-0.3, -0.25) is 23.6 Å². The van der Waals surface area contributed by atoms with Gasteiger partial charge < -0.3 is 4.42 Å². The van der Waals surface area contributed by atoms with E-state index in [9.17, 15) is 18.0 Å². The maximum absolute atomic E-state index is 13.2. The van der Waals surface area contributed by atoms with E-state index in [1.807, 2.05) is 31.2 Å². The van der Waals surface area contributed by atoms with Crippen molar-refractivity contribution < 1.29 is 32.1 Å². The minimum absolute atomic E-state index is 0.216. The average Bonchev–Trinajstić information content (AvgIpc) is 3.26. The number of amides is 2. The van der Waals surface area contributed by atoms with Crippen LogP contribution in [-0.4, -0.2) is 47.8 Å². The summed E-state index contributed by atoms with van der Waals surface area (Å²) < 4.78 is 32.4. The van der Waals surface area contributed by atoms with Crippen LogP contribution in [0.2, 0.25) is 0 Å². The molecule has 10 nitrogen and oxygen atoms in total. The molecule has 4 rings (SSSR count). The third kappa shape index (κ3) is 5.25. The highest BCUT2D eigenvalue weighted by atomic mass is 32.2. The van der Waals surface area contributed by atoms with Gasteiger partial charge in [-0.1, -0.05) is 42.0 Å². The van der Waals surface area contributed by atoms with E-state index in [-0.39, 0.29) is 5.56 Å². The molecule has 11 heteroatoms. The smallest absolute Gasteiger partial charge is 0.279 e. The van der Waals surface area contributed by atoms with Gasteiger partial charge in [0.1, 0.15) is 11.3 Å². The van der Waals surface area contributed by atoms with Crippen molar-refractivity contribution in [3.63, 3.8) is 0 Å². The van der Waals surface area contributed by atoms with Crippen LogP contribution in [0.15, 0.2) is 65.1 Å². The van der Waals surface area contributed by atoms with Crippen LogP contribution in [0, 0.1) is 6.92 Å². The molecule has 1 aromatic heterocycles. The van der Waals surface area contributed by atoms with E-state index >= 15 is 0 Å². The first-order valence-electron chi connectivity index (χ1n) is 11.4. The summed E-state index contributed by atoms with van der Waals surface area (Å²) in [6.45, 7) is 1.95. The quantitative estimate of drug-likeness (QED) is 0.325. The molecule has 0 atom stereocenters. The fourth-order valence-electron chi connectivity index (χ4n) is 4.06. The first kappa shape index (κ1) is 26.9. The Morgan fingerprint density at radius 2 is 1.55 bits per heavy atom. The van der Waals surface area contributed by atoms with Crippen LogP contribution in [0.5, 0.6) is 0 Å². The number of carbonyl (C=O) groups is 2. The second-order valence-electron chi connectivity index (χ2n) is 8.62. The van der Waals surface area contributed by atoms with Gasteiger partial charge in [-0.2, -0.15) is 0 Å². The fourth-order valence-corrected chi connectivity index (χ4v) is 4.57. The molecule has 2 amide bonds. The number of sulfonamides is 1. The fraction of sp³-hybridized carbons (Fsp3) is 0.185. The number of hydrogen-bond donors (Lipinski definition) is 2. The topological polar surface area (TPSA) is 127 Å². The zero-order valence-electron chi connectivity index (χ0n) is 21.5. The van der Waals surface area contributed by atoms with Crippen molar-refractivity contribution in [3.8, 4) is 22.5 Å². The highest BCUT2D eigenvalue weighted by Gasteiger charge is 2.26. The van der Waals surface area contributed by atoms with Gasteiger partial charge in [-0.05, 0) is 30.7 Å². The summed E-state index contributed by atoms with van der Waals surface area (Å²) in [5, 5.41) is 0.433. The molecular formula is C27H27N3O7S. The Balaban J connectivity index is 2.05. The van der Waals surface area contributed by atoms with E-state index in [1.54, 1.807) is 36.4 Å². The van der Waals surface area contributed by atoms with E-state index in [2.05, 4.69) is 11.0 Å². The van der Waals surface area contributed by atoms with Crippen LogP contribution in [0.4, 0.5) is 5.69 Å². The molecule has 0 saturated heterocycles. The summed E-state index contributed by atoms with van der Waals surface area (Å²) in [6, 6.07) is 17.3. The Labute approximate surface area is 220 Å². The molecule has 0 radical (unpaired) electrons. The molecule has 0 unspecified atom stereocenters. The zero-order valence-corrected chi connectivity index (χ0v) is 22.3. The minimum Gasteiger partial charge on any atom is -0.455 e. The van der Waals surface area contributed by atoms with Crippen LogP contribution in [0.25, 0.3) is 33.4 Å². The van der Waals surface area contributed by atoms with Gasteiger partial charge in [0.25, 0.3) is 11.8 Å². The van der Waals surface area contributed by atoms with Crippen LogP contribution in [0.3, 0.4) is 0 Å². The normalized spacial score (nSPS) is 11.4. The third-order valence-corrected chi connectivity index (χ3v) is 7.20. The Hall–Kier alpha value is -4.19. The number of hydroxylamine groups is 2. The van der Waals surface area contributed by atoms with Gasteiger partial charge in [-0.25, -0.2) is 19.4 Å². The number of anilines is 1. The molecule has 0 bridgehead atoms. The highest BCUT2D eigenvalue weighted by molar-refractivity contribution is 7.92. The number of carbonyl (C=O) groups excluding carboxylic acids is 2. The number of nitrogens with one attached hydrogen (secondary N) is 2. The lowest BCUT2D eigenvalue weighted by Gasteiger charge is -2.21. The van der Waals surface area contributed by atoms with Crippen molar-refractivity contribution in [1.29, 1.82) is 0 Å². The van der Waals surface area contributed by atoms with Crippen molar-refractivity contribution in [2.45, 2.75) is 6.92 Å². The molecule has 0 aliphatic heterocycles. The number of aryl methyl sites for hydroxylation is 1. The van der Waals surface area contributed by atoms with Crippen molar-refractivity contribution in [2.24, 2.45) is 0 Å². The second-order valence-corrected chi connectivity index (χ2v) is 10.6. The van der Waals surface area contributed by atoms with E-state index in [1.165, 1.54) is 21.3 Å². The van der Waals surface area contributed by atoms with E-state index in [0.29, 0.717) is 44.7 Å². The number of nitrogens with zero attached hydrogens (tertiary/aromatic N) is 1. The second kappa shape index (κ2) is 10.7. The molecule has 3 aromatic carbocycles. The number of furan rings is 1. The first-order chi connectivity index (χ1) is 18.0. The molecule has 0 saturated carbocycles. The number of fused-ring (bicyclic) bond motifs is 1. The van der Waals surface area contributed by atoms with E-state index in [0.717, 1.165) is 16.1 Å². The standard InChI is InChI=1S/C27H27N3O7S/c1-16-9-11-17(12-10-16)25-24(27(32)29-36-4)21-14-20(18-7-6-8-19(13-18)26(31)28-35-3)22(15-23(21)37-25)30(2)38(5,33)34/h6-15H,1-5H3,(H,28,31)(H,29,32). The van der Waals surface area contributed by atoms with Crippen LogP contribution >= 0.6 is 0 Å². The van der Waals surface area contributed by atoms with Gasteiger partial charge in [-0.15, -0.1) is 0 Å². The maximum atomic E-state index is 13.2. The van der Waals surface area contributed by atoms with Gasteiger partial charge in [0, 0.05) is 35.2 Å². The van der Waals surface area contributed by atoms with Crippen molar-refractivity contribution in [1.82, 2.24) is 11.0 Å². The summed E-state index contributed by atoms with van der Waals surface area (Å²) in [6.07, 6.45) is 1.08. The lowest BCUT2D eigenvalue weighted by Crippen LogP contribution is -2.25. The van der Waals surface area contributed by atoms with Crippen LogP contribution in [-0.2, 0) is 19.7 Å². The van der Waals surface area contributed by atoms with Crippen LogP contribution < -0.4 is 15.3 Å². The molecular weight excluding hydrogens is 510 g/mol. The largest absolute Gasteiger partial charge is 0.455 e. The number of benzene rings is 3. The zero-order chi connectivity index (χ0) is 27.6. The predicted octanol–water partition coefficient (Wildman–Crippen LogP) is 4.05. The molecule has 1 heterocycles.